The van der Waals surface area contributed by atoms with Gasteiger partial charge in [-0.1, -0.05) is 0 Å². The summed E-state index contributed by atoms with van der Waals surface area (Å²) < 4.78 is 10.9. The Balaban J connectivity index is 2.05. The molecule has 4 N–H and O–H groups in total. The van der Waals surface area contributed by atoms with E-state index in [1.165, 1.54) is 5.01 Å². The third-order valence-electron chi connectivity index (χ3n) is 4.24. The molecule has 10 heteroatoms. The van der Waals surface area contributed by atoms with Gasteiger partial charge in [-0.05, 0) is 33.6 Å². The Morgan fingerprint density at radius 3 is 2.70 bits per heavy atom. The number of ether oxygens (including phenoxy) is 2. The van der Waals surface area contributed by atoms with E-state index in [0.29, 0.717) is 32.5 Å². The predicted molar refractivity (Wildman–Crippen MR) is 95.9 cm³/mol. The molecule has 27 heavy (non-hydrogen) atoms. The van der Waals surface area contributed by atoms with Gasteiger partial charge >= 0.3 is 12.1 Å². The summed E-state index contributed by atoms with van der Waals surface area (Å²) in [6.07, 6.45) is 0.343. The summed E-state index contributed by atoms with van der Waals surface area (Å²) in [4.78, 5) is 36.4. The number of carbonyl (C=O) groups excluding carboxylic acids is 2. The molecule has 2 rings (SSSR count). The highest BCUT2D eigenvalue weighted by Gasteiger charge is 2.34. The molecule has 0 radical (unpaired) electrons. The maximum atomic E-state index is 13.0. The van der Waals surface area contributed by atoms with E-state index in [-0.39, 0.29) is 12.5 Å². The summed E-state index contributed by atoms with van der Waals surface area (Å²) in [5.74, 6) is -1.41. The van der Waals surface area contributed by atoms with Crippen molar-refractivity contribution in [2.45, 2.75) is 63.8 Å². The average Bonchev–Trinajstić information content (AvgIpc) is 2.60. The van der Waals surface area contributed by atoms with Gasteiger partial charge in [0, 0.05) is 26.1 Å². The van der Waals surface area contributed by atoms with Crippen LogP contribution < -0.4 is 16.1 Å². The van der Waals surface area contributed by atoms with E-state index < -0.39 is 35.7 Å². The van der Waals surface area contributed by atoms with E-state index in [1.54, 1.807) is 20.8 Å². The molecule has 0 saturated carbocycles. The van der Waals surface area contributed by atoms with Crippen LogP contribution in [0.2, 0.25) is 0 Å². The molecule has 2 amide bonds. The van der Waals surface area contributed by atoms with Crippen LogP contribution in [0.1, 0.15) is 40.0 Å². The van der Waals surface area contributed by atoms with Gasteiger partial charge in [0.2, 0.25) is 0 Å². The molecule has 154 valence electrons. The second-order valence-electron chi connectivity index (χ2n) is 7.78. The standard InChI is InChI=1S/C17H30N4O6/c1-17(2,3)27-16(25)19-13(9-11-10-18-6-8-26-11)14(22)21-7-4-5-12(20-21)15(23)24/h11-13,18,20H,4-10H2,1-3H3,(H,19,25)(H,23,24)/t11-,12?,13?/m0/s1. The summed E-state index contributed by atoms with van der Waals surface area (Å²) >= 11 is 0. The van der Waals surface area contributed by atoms with E-state index in [9.17, 15) is 19.5 Å². The van der Waals surface area contributed by atoms with E-state index in [0.717, 1.165) is 6.54 Å². The fraction of sp³-hybridized carbons (Fsp3) is 0.824. The van der Waals surface area contributed by atoms with Crippen LogP contribution in [0.3, 0.4) is 0 Å². The number of hydrazine groups is 1. The van der Waals surface area contributed by atoms with Crippen LogP contribution in [0, 0.1) is 0 Å². The third-order valence-corrected chi connectivity index (χ3v) is 4.24. The first-order valence-corrected chi connectivity index (χ1v) is 9.28. The third kappa shape index (κ3) is 6.96. The number of alkyl carbamates (subject to hydrolysis) is 1. The normalized spacial score (nSPS) is 24.8. The summed E-state index contributed by atoms with van der Waals surface area (Å²) in [5, 5.41) is 16.3. The summed E-state index contributed by atoms with van der Waals surface area (Å²) in [7, 11) is 0. The molecule has 2 aliphatic rings. The molecule has 0 aliphatic carbocycles. The van der Waals surface area contributed by atoms with Crippen molar-refractivity contribution in [1.82, 2.24) is 21.1 Å². The minimum atomic E-state index is -1.01. The van der Waals surface area contributed by atoms with Crippen molar-refractivity contribution < 1.29 is 29.0 Å². The van der Waals surface area contributed by atoms with E-state index in [2.05, 4.69) is 16.1 Å². The Morgan fingerprint density at radius 1 is 1.37 bits per heavy atom. The lowest BCUT2D eigenvalue weighted by molar-refractivity contribution is -0.148. The van der Waals surface area contributed by atoms with Crippen molar-refractivity contribution in [2.24, 2.45) is 0 Å². The van der Waals surface area contributed by atoms with Gasteiger partial charge in [-0.3, -0.25) is 14.6 Å². The molecule has 2 saturated heterocycles. The minimum absolute atomic E-state index is 0.234. The van der Waals surface area contributed by atoms with Crippen molar-refractivity contribution in [3.05, 3.63) is 0 Å². The number of hydrogen-bond acceptors (Lipinski definition) is 7. The Labute approximate surface area is 158 Å². The Hall–Kier alpha value is -1.91. The first kappa shape index (κ1) is 21.4. The second kappa shape index (κ2) is 9.34. The Morgan fingerprint density at radius 2 is 2.11 bits per heavy atom. The first-order valence-electron chi connectivity index (χ1n) is 9.28. The van der Waals surface area contributed by atoms with Gasteiger partial charge in [-0.15, -0.1) is 0 Å². The highest BCUT2D eigenvalue weighted by molar-refractivity contribution is 5.86. The summed E-state index contributed by atoms with van der Waals surface area (Å²) in [6, 6.07) is -1.71. The zero-order valence-electron chi connectivity index (χ0n) is 16.1. The van der Waals surface area contributed by atoms with Gasteiger partial charge in [0.1, 0.15) is 17.7 Å². The quantitative estimate of drug-likeness (QED) is 0.513. The topological polar surface area (TPSA) is 129 Å². The SMILES string of the molecule is CC(C)(C)OC(=O)NC(C[C@H]1CNCCO1)C(=O)N1CCCC(C(=O)O)N1. The fourth-order valence-corrected chi connectivity index (χ4v) is 3.02. The van der Waals surface area contributed by atoms with Crippen molar-refractivity contribution in [3.63, 3.8) is 0 Å². The molecule has 2 aliphatic heterocycles. The van der Waals surface area contributed by atoms with Crippen molar-refractivity contribution >= 4 is 18.0 Å². The molecule has 2 unspecified atom stereocenters. The highest BCUT2D eigenvalue weighted by Crippen LogP contribution is 2.14. The van der Waals surface area contributed by atoms with Gasteiger partial charge < -0.3 is 25.2 Å². The van der Waals surface area contributed by atoms with Gasteiger partial charge in [0.15, 0.2) is 0 Å². The molecule has 2 fully saturated rings. The number of nitrogens with zero attached hydrogens (tertiary/aromatic N) is 1. The maximum absolute atomic E-state index is 13.0. The Kier molecular flexibility index (Phi) is 7.40. The fourth-order valence-electron chi connectivity index (χ4n) is 3.02. The summed E-state index contributed by atoms with van der Waals surface area (Å²) in [5.41, 5.74) is 2.03. The van der Waals surface area contributed by atoms with E-state index in [1.807, 2.05) is 0 Å². The number of carboxylic acid groups (broad SMARTS) is 1. The van der Waals surface area contributed by atoms with Gasteiger partial charge in [-0.2, -0.15) is 0 Å². The van der Waals surface area contributed by atoms with Crippen LogP contribution in [-0.2, 0) is 19.1 Å². The lowest BCUT2D eigenvalue weighted by atomic mass is 10.1. The van der Waals surface area contributed by atoms with Crippen LogP contribution in [0.25, 0.3) is 0 Å². The molecule has 0 aromatic carbocycles. The van der Waals surface area contributed by atoms with Gasteiger partial charge in [-0.25, -0.2) is 10.2 Å². The van der Waals surface area contributed by atoms with Crippen molar-refractivity contribution in [1.29, 1.82) is 0 Å². The second-order valence-corrected chi connectivity index (χ2v) is 7.78. The predicted octanol–water partition coefficient (Wildman–Crippen LogP) is -0.162. The average molecular weight is 386 g/mol. The number of hydrogen-bond donors (Lipinski definition) is 4. The van der Waals surface area contributed by atoms with Gasteiger partial charge in [0.05, 0.1) is 12.7 Å². The van der Waals surface area contributed by atoms with Crippen molar-refractivity contribution in [2.75, 3.05) is 26.2 Å². The van der Waals surface area contributed by atoms with Crippen molar-refractivity contribution in [3.8, 4) is 0 Å². The minimum Gasteiger partial charge on any atom is -0.480 e. The molecule has 0 aromatic rings. The molecule has 0 aromatic heterocycles. The number of carboxylic acids is 1. The summed E-state index contributed by atoms with van der Waals surface area (Å²) in [6.45, 7) is 7.43. The molecule has 0 bridgehead atoms. The molecule has 3 atom stereocenters. The van der Waals surface area contributed by atoms with Crippen LogP contribution >= 0.6 is 0 Å². The Bertz CT molecular complexity index is 544. The van der Waals surface area contributed by atoms with Gasteiger partial charge in [0.25, 0.3) is 5.91 Å². The number of nitrogens with one attached hydrogen (secondary N) is 3. The molecular formula is C17H30N4O6. The number of carbonyl (C=O) groups is 3. The van der Waals surface area contributed by atoms with E-state index >= 15 is 0 Å². The van der Waals surface area contributed by atoms with Crippen LogP contribution in [0.4, 0.5) is 4.79 Å². The number of aliphatic carboxylic acids is 1. The largest absolute Gasteiger partial charge is 0.480 e. The van der Waals surface area contributed by atoms with Crippen LogP contribution in [-0.4, -0.2) is 78.1 Å². The first-order chi connectivity index (χ1) is 12.7. The zero-order chi connectivity index (χ0) is 20.0. The number of rotatable bonds is 5. The lowest BCUT2D eigenvalue weighted by Gasteiger charge is -2.35. The highest BCUT2D eigenvalue weighted by atomic mass is 16.6. The smallest absolute Gasteiger partial charge is 0.408 e. The maximum Gasteiger partial charge on any atom is 0.408 e. The molecular weight excluding hydrogens is 356 g/mol. The zero-order valence-corrected chi connectivity index (χ0v) is 16.1. The monoisotopic (exact) mass is 386 g/mol. The lowest BCUT2D eigenvalue weighted by Crippen LogP contribution is -2.60. The molecule has 0 spiro atoms. The number of morpholine rings is 1. The molecule has 2 heterocycles. The van der Waals surface area contributed by atoms with E-state index in [4.69, 9.17) is 9.47 Å². The van der Waals surface area contributed by atoms with Crippen LogP contribution in [0.15, 0.2) is 0 Å². The number of amides is 2. The molecule has 10 nitrogen and oxygen atoms in total. The van der Waals surface area contributed by atoms with Crippen LogP contribution in [0.5, 0.6) is 0 Å².